The summed E-state index contributed by atoms with van der Waals surface area (Å²) in [6.07, 6.45) is 5.64. The molecule has 2 aliphatic heterocycles. The molecule has 0 aromatic rings. The van der Waals surface area contributed by atoms with Gasteiger partial charge in [-0.25, -0.2) is 0 Å². The van der Waals surface area contributed by atoms with Crippen molar-refractivity contribution in [3.8, 4) is 0 Å². The van der Waals surface area contributed by atoms with Gasteiger partial charge in [-0.3, -0.25) is 9.59 Å². The summed E-state index contributed by atoms with van der Waals surface area (Å²) in [6, 6.07) is 0. The Hall–Kier alpha value is -1.14. The second kappa shape index (κ2) is 5.68. The molecule has 2 saturated heterocycles. The Bertz CT molecular complexity index is 585. The molecule has 2 heterocycles. The highest BCUT2D eigenvalue weighted by Gasteiger charge is 2.60. The molecule has 0 bridgehead atoms. The lowest BCUT2D eigenvalue weighted by molar-refractivity contribution is -0.133. The molecule has 4 aliphatic rings. The number of hydrogen-bond donors (Lipinski definition) is 2. The summed E-state index contributed by atoms with van der Waals surface area (Å²) < 4.78 is 11.4. The average Bonchev–Trinajstić information content (AvgIpc) is 3.44. The third kappa shape index (κ3) is 3.05. The van der Waals surface area contributed by atoms with Crippen LogP contribution in [0.1, 0.15) is 66.2 Å². The van der Waals surface area contributed by atoms with E-state index in [2.05, 4.69) is 24.5 Å². The van der Waals surface area contributed by atoms with Crippen molar-refractivity contribution >= 4 is 11.8 Å². The van der Waals surface area contributed by atoms with E-state index in [-0.39, 0.29) is 46.1 Å². The largest absolute Gasteiger partial charge is 0.366 e. The van der Waals surface area contributed by atoms with Gasteiger partial charge in [-0.15, -0.1) is 0 Å². The van der Waals surface area contributed by atoms with Crippen LogP contribution in [0, 0.1) is 10.8 Å². The summed E-state index contributed by atoms with van der Waals surface area (Å²) in [5.41, 5.74) is -0.670. The molecule has 0 aromatic heterocycles. The lowest BCUT2D eigenvalue weighted by Gasteiger charge is -2.33. The van der Waals surface area contributed by atoms with Gasteiger partial charge in [0, 0.05) is 23.9 Å². The molecule has 6 unspecified atom stereocenters. The van der Waals surface area contributed by atoms with Gasteiger partial charge in [0.1, 0.15) is 0 Å². The van der Waals surface area contributed by atoms with Crippen LogP contribution < -0.4 is 10.6 Å². The Morgan fingerprint density at radius 2 is 1.15 bits per heavy atom. The van der Waals surface area contributed by atoms with Crippen LogP contribution >= 0.6 is 0 Å². The molecule has 2 N–H and O–H groups in total. The van der Waals surface area contributed by atoms with Gasteiger partial charge in [0.05, 0.1) is 23.4 Å². The maximum Gasteiger partial charge on any atom is 0.226 e. The third-order valence-corrected chi connectivity index (χ3v) is 7.48. The van der Waals surface area contributed by atoms with E-state index >= 15 is 0 Å². The van der Waals surface area contributed by atoms with Crippen molar-refractivity contribution in [2.75, 3.05) is 13.1 Å². The summed E-state index contributed by atoms with van der Waals surface area (Å²) in [6.45, 7) is 9.25. The van der Waals surface area contributed by atoms with Gasteiger partial charge >= 0.3 is 0 Å². The normalized spacial score (nSPS) is 48.8. The number of amides is 2. The van der Waals surface area contributed by atoms with Crippen molar-refractivity contribution in [1.29, 1.82) is 0 Å². The number of nitrogens with one attached hydrogen (secondary N) is 2. The minimum Gasteiger partial charge on any atom is -0.366 e. The fraction of sp³-hybridized carbons (Fsp3) is 0.900. The van der Waals surface area contributed by atoms with Gasteiger partial charge in [-0.2, -0.15) is 0 Å². The number of carbonyl (C=O) groups excluding carboxylic acids is 2. The second-order valence-electron chi connectivity index (χ2n) is 9.88. The third-order valence-electron chi connectivity index (χ3n) is 7.48. The summed E-state index contributed by atoms with van der Waals surface area (Å²) in [4.78, 5) is 25.2. The second-order valence-corrected chi connectivity index (χ2v) is 9.88. The fourth-order valence-corrected chi connectivity index (χ4v) is 4.80. The van der Waals surface area contributed by atoms with E-state index in [1.165, 1.54) is 0 Å². The van der Waals surface area contributed by atoms with Crippen LogP contribution in [0.3, 0.4) is 0 Å². The molecule has 0 aromatic carbocycles. The zero-order valence-corrected chi connectivity index (χ0v) is 16.4. The summed E-state index contributed by atoms with van der Waals surface area (Å²) in [7, 11) is 0. The SMILES string of the molecule is CC1(C(=O)NCCNC(=O)C2(C)CCC3(C)OC3C2)CCC2(C)OC2C1. The molecule has 26 heavy (non-hydrogen) atoms. The van der Waals surface area contributed by atoms with E-state index in [9.17, 15) is 9.59 Å². The highest BCUT2D eigenvalue weighted by molar-refractivity contribution is 5.83. The highest BCUT2D eigenvalue weighted by Crippen LogP contribution is 2.54. The zero-order chi connectivity index (χ0) is 18.8. The molecule has 6 atom stereocenters. The maximum atomic E-state index is 12.6. The van der Waals surface area contributed by atoms with Crippen molar-refractivity contribution in [3.63, 3.8) is 0 Å². The molecule has 4 rings (SSSR count). The molecule has 2 aliphatic carbocycles. The molecule has 6 heteroatoms. The number of epoxide rings is 2. The first-order chi connectivity index (χ1) is 12.1. The summed E-state index contributed by atoms with van der Waals surface area (Å²) >= 11 is 0. The number of ether oxygens (including phenoxy) is 2. The van der Waals surface area contributed by atoms with Crippen molar-refractivity contribution < 1.29 is 19.1 Å². The highest BCUT2D eigenvalue weighted by atomic mass is 16.6. The predicted octanol–water partition coefficient (Wildman–Crippen LogP) is 1.91. The molecular formula is C20H32N2O4. The van der Waals surface area contributed by atoms with Crippen LogP contribution in [0.15, 0.2) is 0 Å². The molecular weight excluding hydrogens is 332 g/mol. The Morgan fingerprint density at radius 1 is 0.769 bits per heavy atom. The first-order valence-corrected chi connectivity index (χ1v) is 10.0. The maximum absolute atomic E-state index is 12.6. The Balaban J connectivity index is 1.19. The van der Waals surface area contributed by atoms with E-state index in [1.54, 1.807) is 0 Å². The van der Waals surface area contributed by atoms with Crippen molar-refractivity contribution in [2.45, 2.75) is 89.6 Å². The van der Waals surface area contributed by atoms with Gasteiger partial charge in [-0.05, 0) is 52.4 Å². The van der Waals surface area contributed by atoms with Crippen LogP contribution in [0.4, 0.5) is 0 Å². The first-order valence-electron chi connectivity index (χ1n) is 10.0. The predicted molar refractivity (Wildman–Crippen MR) is 96.5 cm³/mol. The molecule has 2 amide bonds. The quantitative estimate of drug-likeness (QED) is 0.577. The molecule has 6 nitrogen and oxygen atoms in total. The molecule has 146 valence electrons. The number of rotatable bonds is 5. The van der Waals surface area contributed by atoms with Crippen LogP contribution in [0.2, 0.25) is 0 Å². The van der Waals surface area contributed by atoms with Crippen LogP contribution in [0.25, 0.3) is 0 Å². The topological polar surface area (TPSA) is 83.3 Å². The van der Waals surface area contributed by atoms with Gasteiger partial charge in [0.15, 0.2) is 0 Å². The van der Waals surface area contributed by atoms with Gasteiger partial charge < -0.3 is 20.1 Å². The number of hydrogen-bond acceptors (Lipinski definition) is 4. The fourth-order valence-electron chi connectivity index (χ4n) is 4.80. The number of carbonyl (C=O) groups is 2. The first kappa shape index (κ1) is 18.2. The van der Waals surface area contributed by atoms with Crippen LogP contribution in [-0.4, -0.2) is 48.3 Å². The van der Waals surface area contributed by atoms with Crippen LogP contribution in [0.5, 0.6) is 0 Å². The minimum absolute atomic E-state index is 0.0184. The van der Waals surface area contributed by atoms with Gasteiger partial charge in [-0.1, -0.05) is 13.8 Å². The Labute approximate surface area is 155 Å². The van der Waals surface area contributed by atoms with Gasteiger partial charge in [0.25, 0.3) is 0 Å². The Morgan fingerprint density at radius 3 is 1.50 bits per heavy atom. The van der Waals surface area contributed by atoms with E-state index in [1.807, 2.05) is 13.8 Å². The minimum atomic E-state index is -0.353. The lowest BCUT2D eigenvalue weighted by atomic mass is 9.71. The van der Waals surface area contributed by atoms with Crippen molar-refractivity contribution in [3.05, 3.63) is 0 Å². The lowest BCUT2D eigenvalue weighted by Crippen LogP contribution is -2.48. The van der Waals surface area contributed by atoms with E-state index in [0.717, 1.165) is 38.5 Å². The molecule has 2 saturated carbocycles. The number of fused-ring (bicyclic) bond motifs is 2. The summed E-state index contributed by atoms with van der Waals surface area (Å²) in [5.74, 6) is 0.158. The van der Waals surface area contributed by atoms with Crippen molar-refractivity contribution in [2.24, 2.45) is 10.8 Å². The van der Waals surface area contributed by atoms with E-state index < -0.39 is 0 Å². The average molecular weight is 364 g/mol. The van der Waals surface area contributed by atoms with E-state index in [0.29, 0.717) is 13.1 Å². The molecule has 0 spiro atoms. The van der Waals surface area contributed by atoms with Gasteiger partial charge in [0.2, 0.25) is 11.8 Å². The van der Waals surface area contributed by atoms with E-state index in [4.69, 9.17) is 9.47 Å². The zero-order valence-electron chi connectivity index (χ0n) is 16.4. The smallest absolute Gasteiger partial charge is 0.226 e. The van der Waals surface area contributed by atoms with Crippen molar-refractivity contribution in [1.82, 2.24) is 10.6 Å². The summed E-state index contributed by atoms with van der Waals surface area (Å²) in [5, 5.41) is 6.01. The Kier molecular flexibility index (Phi) is 3.98. The monoisotopic (exact) mass is 364 g/mol. The molecule has 4 fully saturated rings. The molecule has 0 radical (unpaired) electrons. The standard InChI is InChI=1S/C20H32N2O4/c1-17(5-7-19(3)13(11-17)25-19)15(23)21-9-10-22-16(24)18(2)6-8-20(4)14(12-18)26-20/h13-14H,5-12H2,1-4H3,(H,21,23)(H,22,24). The van der Waals surface area contributed by atoms with Crippen LogP contribution in [-0.2, 0) is 19.1 Å².